The Hall–Kier alpha value is -3.66. The van der Waals surface area contributed by atoms with E-state index < -0.39 is 0 Å². The Balaban J connectivity index is 1.53. The maximum atomic E-state index is 13.0. The molecule has 0 saturated carbocycles. The lowest BCUT2D eigenvalue weighted by Gasteiger charge is -2.01. The van der Waals surface area contributed by atoms with Gasteiger partial charge in [0.05, 0.1) is 18.4 Å². The largest absolute Gasteiger partial charge is 0.479 e. The number of hydrogen-bond acceptors (Lipinski definition) is 4. The summed E-state index contributed by atoms with van der Waals surface area (Å²) in [6.45, 7) is 0.397. The maximum absolute atomic E-state index is 13.0. The predicted molar refractivity (Wildman–Crippen MR) is 98.4 cm³/mol. The molecule has 0 atom stereocenters. The van der Waals surface area contributed by atoms with Crippen LogP contribution in [0.4, 0.5) is 4.39 Å². The van der Waals surface area contributed by atoms with E-state index in [2.05, 4.69) is 27.2 Å². The summed E-state index contributed by atoms with van der Waals surface area (Å²) in [6.07, 6.45) is 3.26. The monoisotopic (exact) mass is 364 g/mol. The van der Waals surface area contributed by atoms with E-state index in [0.29, 0.717) is 17.1 Å². The van der Waals surface area contributed by atoms with Crippen LogP contribution in [0.3, 0.4) is 0 Å². The van der Waals surface area contributed by atoms with Crippen molar-refractivity contribution in [1.29, 1.82) is 0 Å². The van der Waals surface area contributed by atoms with Crippen molar-refractivity contribution in [2.24, 2.45) is 7.05 Å². The van der Waals surface area contributed by atoms with Gasteiger partial charge >= 0.3 is 0 Å². The first-order valence-corrected chi connectivity index (χ1v) is 8.20. The number of pyridine rings is 1. The standard InChI is InChI=1S/C20H17FN4O2/c1-25-19(13-18(24-25)15-6-8-16(21)9-7-15)20(26)23-11-2-3-12-27-17-5-4-10-22-14-17/h4-10,13-14H,11-12H2,1H3,(H,23,26). The third-order valence-corrected chi connectivity index (χ3v) is 3.66. The van der Waals surface area contributed by atoms with Crippen LogP contribution in [0.5, 0.6) is 5.75 Å². The number of carbonyl (C=O) groups excluding carboxylic acids is 1. The molecular weight excluding hydrogens is 347 g/mol. The van der Waals surface area contributed by atoms with Crippen LogP contribution in [0.2, 0.25) is 0 Å². The molecule has 1 aromatic carbocycles. The van der Waals surface area contributed by atoms with E-state index in [1.165, 1.54) is 16.8 Å². The highest BCUT2D eigenvalue weighted by Gasteiger charge is 2.13. The van der Waals surface area contributed by atoms with Crippen LogP contribution in [0, 0.1) is 17.7 Å². The van der Waals surface area contributed by atoms with Crippen LogP contribution in [0.1, 0.15) is 10.5 Å². The van der Waals surface area contributed by atoms with Crippen LogP contribution in [-0.4, -0.2) is 33.8 Å². The molecule has 6 nitrogen and oxygen atoms in total. The number of hydrogen-bond donors (Lipinski definition) is 1. The lowest BCUT2D eigenvalue weighted by molar-refractivity contribution is 0.0949. The number of benzene rings is 1. The van der Waals surface area contributed by atoms with Crippen LogP contribution in [-0.2, 0) is 7.05 Å². The molecule has 0 aliphatic carbocycles. The van der Waals surface area contributed by atoms with E-state index in [1.54, 1.807) is 49.8 Å². The van der Waals surface area contributed by atoms with E-state index in [-0.39, 0.29) is 24.9 Å². The first-order valence-electron chi connectivity index (χ1n) is 8.20. The molecule has 3 rings (SSSR count). The molecule has 1 N–H and O–H groups in total. The molecule has 0 aliphatic rings. The van der Waals surface area contributed by atoms with E-state index in [0.717, 1.165) is 5.56 Å². The second-order valence-corrected chi connectivity index (χ2v) is 5.56. The second-order valence-electron chi connectivity index (χ2n) is 5.56. The third-order valence-electron chi connectivity index (χ3n) is 3.66. The normalized spacial score (nSPS) is 10.0. The molecule has 2 heterocycles. The molecule has 0 bridgehead atoms. The Bertz CT molecular complexity index is 973. The van der Waals surface area contributed by atoms with Crippen LogP contribution in [0.25, 0.3) is 11.3 Å². The van der Waals surface area contributed by atoms with Gasteiger partial charge in [-0.15, -0.1) is 0 Å². The summed E-state index contributed by atoms with van der Waals surface area (Å²) in [4.78, 5) is 16.2. The maximum Gasteiger partial charge on any atom is 0.270 e. The van der Waals surface area contributed by atoms with Gasteiger partial charge in [-0.1, -0.05) is 11.8 Å². The summed E-state index contributed by atoms with van der Waals surface area (Å²) in [7, 11) is 1.68. The molecule has 0 unspecified atom stereocenters. The lowest BCUT2D eigenvalue weighted by atomic mass is 10.1. The molecule has 2 aromatic heterocycles. The number of amides is 1. The van der Waals surface area contributed by atoms with Crippen molar-refractivity contribution in [1.82, 2.24) is 20.1 Å². The minimum absolute atomic E-state index is 0.187. The molecule has 1 amide bonds. The van der Waals surface area contributed by atoms with Crippen molar-refractivity contribution in [3.8, 4) is 28.8 Å². The molecule has 3 aromatic rings. The number of carbonyl (C=O) groups is 1. The highest BCUT2D eigenvalue weighted by Crippen LogP contribution is 2.19. The zero-order valence-corrected chi connectivity index (χ0v) is 14.6. The molecule has 0 aliphatic heterocycles. The highest BCUT2D eigenvalue weighted by molar-refractivity contribution is 5.93. The van der Waals surface area contributed by atoms with Crippen molar-refractivity contribution in [3.63, 3.8) is 0 Å². The van der Waals surface area contributed by atoms with Crippen molar-refractivity contribution in [2.75, 3.05) is 13.2 Å². The molecule has 0 fully saturated rings. The third kappa shape index (κ3) is 4.92. The molecule has 0 radical (unpaired) electrons. The van der Waals surface area contributed by atoms with Crippen molar-refractivity contribution < 1.29 is 13.9 Å². The van der Waals surface area contributed by atoms with Gasteiger partial charge in [0.15, 0.2) is 0 Å². The Kier molecular flexibility index (Phi) is 5.80. The summed E-state index contributed by atoms with van der Waals surface area (Å²) >= 11 is 0. The van der Waals surface area contributed by atoms with Crippen molar-refractivity contribution in [2.45, 2.75) is 0 Å². The number of nitrogens with zero attached hydrogens (tertiary/aromatic N) is 3. The van der Waals surface area contributed by atoms with Gasteiger partial charge in [-0.05, 0) is 42.5 Å². The van der Waals surface area contributed by atoms with Gasteiger partial charge in [0.25, 0.3) is 5.91 Å². The first kappa shape index (κ1) is 18.1. The van der Waals surface area contributed by atoms with Gasteiger partial charge in [0, 0.05) is 18.8 Å². The summed E-state index contributed by atoms with van der Waals surface area (Å²) in [6, 6.07) is 11.2. The Morgan fingerprint density at radius 2 is 2.07 bits per heavy atom. The summed E-state index contributed by atoms with van der Waals surface area (Å²) < 4.78 is 19.9. The SMILES string of the molecule is Cn1nc(-c2ccc(F)cc2)cc1C(=O)NCC#CCOc1cccnc1. The summed E-state index contributed by atoms with van der Waals surface area (Å²) in [5.41, 5.74) is 1.72. The highest BCUT2D eigenvalue weighted by atomic mass is 19.1. The summed E-state index contributed by atoms with van der Waals surface area (Å²) in [5.74, 6) is 5.67. The number of aryl methyl sites for hydroxylation is 1. The minimum Gasteiger partial charge on any atom is -0.479 e. The quantitative estimate of drug-likeness (QED) is 0.706. The van der Waals surface area contributed by atoms with Gasteiger partial charge < -0.3 is 10.1 Å². The number of halogens is 1. The van der Waals surface area contributed by atoms with Gasteiger partial charge in [0.2, 0.25) is 0 Å². The fourth-order valence-corrected chi connectivity index (χ4v) is 2.32. The van der Waals surface area contributed by atoms with Gasteiger partial charge in [-0.25, -0.2) is 4.39 Å². The molecule has 7 heteroatoms. The Morgan fingerprint density at radius 1 is 1.26 bits per heavy atom. The van der Waals surface area contributed by atoms with Gasteiger partial charge in [-0.2, -0.15) is 5.10 Å². The van der Waals surface area contributed by atoms with E-state index in [9.17, 15) is 9.18 Å². The van der Waals surface area contributed by atoms with E-state index >= 15 is 0 Å². The van der Waals surface area contributed by atoms with Gasteiger partial charge in [0.1, 0.15) is 23.9 Å². The van der Waals surface area contributed by atoms with Crippen LogP contribution >= 0.6 is 0 Å². The van der Waals surface area contributed by atoms with Crippen LogP contribution in [0.15, 0.2) is 54.9 Å². The van der Waals surface area contributed by atoms with Crippen LogP contribution < -0.4 is 10.1 Å². The van der Waals surface area contributed by atoms with E-state index in [1.807, 2.05) is 0 Å². The zero-order valence-electron chi connectivity index (χ0n) is 14.6. The second kappa shape index (κ2) is 8.63. The number of ether oxygens (including phenoxy) is 1. The molecule has 136 valence electrons. The Morgan fingerprint density at radius 3 is 2.81 bits per heavy atom. The summed E-state index contributed by atoms with van der Waals surface area (Å²) in [5, 5.41) is 7.01. The fraction of sp³-hybridized carbons (Fsp3) is 0.150. The lowest BCUT2D eigenvalue weighted by Crippen LogP contribution is -2.25. The van der Waals surface area contributed by atoms with Crippen molar-refractivity contribution in [3.05, 3.63) is 66.4 Å². The van der Waals surface area contributed by atoms with Crippen molar-refractivity contribution >= 4 is 5.91 Å². The molecule has 27 heavy (non-hydrogen) atoms. The number of aromatic nitrogens is 3. The zero-order chi connectivity index (χ0) is 19.1. The van der Waals surface area contributed by atoms with E-state index in [4.69, 9.17) is 4.74 Å². The molecule has 0 spiro atoms. The average molecular weight is 364 g/mol. The number of rotatable bonds is 5. The Labute approximate surface area is 156 Å². The molecular formula is C20H17FN4O2. The number of nitrogens with one attached hydrogen (secondary N) is 1. The average Bonchev–Trinajstić information content (AvgIpc) is 3.07. The minimum atomic E-state index is -0.321. The predicted octanol–water partition coefficient (Wildman–Crippen LogP) is 2.43. The molecule has 0 saturated heterocycles. The van der Waals surface area contributed by atoms with Gasteiger partial charge in [-0.3, -0.25) is 14.5 Å². The fourth-order valence-electron chi connectivity index (χ4n) is 2.32. The topological polar surface area (TPSA) is 69.0 Å². The smallest absolute Gasteiger partial charge is 0.270 e. The first-order chi connectivity index (χ1) is 13.1.